The number of nitrogens with zero attached hydrogens (tertiary/aromatic N) is 3. The Labute approximate surface area is 118 Å². The average Bonchev–Trinajstić information content (AvgIpc) is 2.36. The van der Waals surface area contributed by atoms with E-state index in [4.69, 9.17) is 17.3 Å². The van der Waals surface area contributed by atoms with Crippen molar-refractivity contribution in [2.24, 2.45) is 0 Å². The van der Waals surface area contributed by atoms with Crippen LogP contribution in [0.25, 0.3) is 0 Å². The lowest BCUT2D eigenvalue weighted by Crippen LogP contribution is -2.52. The molecular weight excluding hydrogens is 262 g/mol. The van der Waals surface area contributed by atoms with Crippen LogP contribution in [0.2, 0.25) is 5.15 Å². The first kappa shape index (κ1) is 12.9. The number of nitrogens with one attached hydrogen (secondary N) is 1. The summed E-state index contributed by atoms with van der Waals surface area (Å²) in [6, 6.07) is 1.80. The predicted molar refractivity (Wildman–Crippen MR) is 77.3 cm³/mol. The number of aromatic nitrogens is 2. The number of hydrogen-bond donors (Lipinski definition) is 2. The van der Waals surface area contributed by atoms with Crippen molar-refractivity contribution in [2.75, 3.05) is 18.1 Å². The molecule has 19 heavy (non-hydrogen) atoms. The lowest BCUT2D eigenvalue weighted by atomic mass is 9.82. The summed E-state index contributed by atoms with van der Waals surface area (Å²) in [6.45, 7) is 0. The van der Waals surface area contributed by atoms with E-state index in [1.165, 1.54) is 25.6 Å². The van der Waals surface area contributed by atoms with Gasteiger partial charge in [0.2, 0.25) is 0 Å². The number of hydrogen-bond acceptors (Lipinski definition) is 5. The van der Waals surface area contributed by atoms with Crippen LogP contribution in [0, 0.1) is 0 Å². The van der Waals surface area contributed by atoms with E-state index in [1.54, 1.807) is 0 Å². The van der Waals surface area contributed by atoms with E-state index < -0.39 is 0 Å². The first-order valence-electron chi connectivity index (χ1n) is 6.89. The third kappa shape index (κ3) is 2.49. The zero-order valence-corrected chi connectivity index (χ0v) is 11.9. The minimum Gasteiger partial charge on any atom is -0.393 e. The molecule has 2 aliphatic rings. The van der Waals surface area contributed by atoms with Gasteiger partial charge in [0.05, 0.1) is 0 Å². The van der Waals surface area contributed by atoms with Gasteiger partial charge in [0.1, 0.15) is 12.0 Å². The van der Waals surface area contributed by atoms with E-state index in [0.29, 0.717) is 34.8 Å². The maximum Gasteiger partial charge on any atom is 0.157 e. The molecule has 6 heteroatoms. The molecule has 3 N–H and O–H groups in total. The fourth-order valence-corrected chi connectivity index (χ4v) is 3.55. The molecule has 0 amide bonds. The average molecular weight is 282 g/mol. The molecule has 2 fully saturated rings. The van der Waals surface area contributed by atoms with Crippen molar-refractivity contribution < 1.29 is 0 Å². The van der Waals surface area contributed by atoms with Crippen molar-refractivity contribution >= 4 is 23.1 Å². The van der Waals surface area contributed by atoms with Crippen molar-refractivity contribution in [2.45, 2.75) is 50.2 Å². The van der Waals surface area contributed by atoms with Crippen LogP contribution in [0.15, 0.2) is 6.33 Å². The topological polar surface area (TPSA) is 67.1 Å². The molecule has 3 rings (SSSR count). The van der Waals surface area contributed by atoms with E-state index in [9.17, 15) is 0 Å². The number of rotatable bonds is 2. The molecule has 2 saturated heterocycles. The van der Waals surface area contributed by atoms with Gasteiger partial charge < -0.3 is 16.0 Å². The second-order valence-corrected chi connectivity index (χ2v) is 6.00. The number of nitrogen functional groups attached to an aromatic ring is 1. The highest BCUT2D eigenvalue weighted by molar-refractivity contribution is 6.32. The lowest BCUT2D eigenvalue weighted by Gasteiger charge is -2.47. The summed E-state index contributed by atoms with van der Waals surface area (Å²) in [4.78, 5) is 10.6. The summed E-state index contributed by atoms with van der Waals surface area (Å²) in [5.41, 5.74) is 6.37. The van der Waals surface area contributed by atoms with Gasteiger partial charge in [-0.1, -0.05) is 18.0 Å². The monoisotopic (exact) mass is 281 g/mol. The minimum atomic E-state index is 0.325. The van der Waals surface area contributed by atoms with Gasteiger partial charge in [-0.3, -0.25) is 0 Å². The van der Waals surface area contributed by atoms with Crippen molar-refractivity contribution in [3.63, 3.8) is 0 Å². The molecule has 0 aliphatic carbocycles. The molecule has 2 bridgehead atoms. The van der Waals surface area contributed by atoms with Gasteiger partial charge in [0.15, 0.2) is 11.0 Å². The van der Waals surface area contributed by atoms with E-state index in [-0.39, 0.29) is 0 Å². The van der Waals surface area contributed by atoms with Gasteiger partial charge in [0.25, 0.3) is 0 Å². The Morgan fingerprint density at radius 3 is 2.68 bits per heavy atom. The maximum absolute atomic E-state index is 5.93. The lowest BCUT2D eigenvalue weighted by molar-refractivity contribution is 0.0608. The van der Waals surface area contributed by atoms with Gasteiger partial charge >= 0.3 is 0 Å². The standard InChI is InChI=1S/C13H20ClN5/c1-19-9-3-2-4-10(19)6-8(5-9)18-13-11(15)12(14)16-7-17-13/h7-10H,2-6,15H2,1H3,(H,16,17,18). The summed E-state index contributed by atoms with van der Waals surface area (Å²) in [5.74, 6) is 0.674. The van der Waals surface area contributed by atoms with Crippen LogP contribution in [0.5, 0.6) is 0 Å². The molecular formula is C13H20ClN5. The number of piperidine rings is 2. The Morgan fingerprint density at radius 1 is 1.32 bits per heavy atom. The van der Waals surface area contributed by atoms with Gasteiger partial charge in [-0.2, -0.15) is 0 Å². The normalized spacial score (nSPS) is 31.2. The third-order valence-electron chi connectivity index (χ3n) is 4.52. The summed E-state index contributed by atoms with van der Waals surface area (Å²) in [6.07, 6.45) is 7.70. The molecule has 1 aromatic rings. The Hall–Kier alpha value is -1.07. The van der Waals surface area contributed by atoms with Crippen LogP contribution in [-0.4, -0.2) is 40.0 Å². The molecule has 2 aliphatic heterocycles. The number of anilines is 2. The fraction of sp³-hybridized carbons (Fsp3) is 0.692. The number of nitrogens with two attached hydrogens (primary N) is 1. The SMILES string of the molecule is CN1C2CCCC1CC(Nc1ncnc(Cl)c1N)C2. The third-order valence-corrected chi connectivity index (χ3v) is 4.82. The number of fused-ring (bicyclic) bond motifs is 2. The minimum absolute atomic E-state index is 0.325. The molecule has 2 atom stereocenters. The Morgan fingerprint density at radius 2 is 2.00 bits per heavy atom. The smallest absolute Gasteiger partial charge is 0.157 e. The first-order valence-corrected chi connectivity index (χ1v) is 7.27. The largest absolute Gasteiger partial charge is 0.393 e. The van der Waals surface area contributed by atoms with Gasteiger partial charge in [-0.05, 0) is 32.7 Å². The van der Waals surface area contributed by atoms with Crippen LogP contribution in [0.1, 0.15) is 32.1 Å². The Kier molecular flexibility index (Phi) is 3.50. The van der Waals surface area contributed by atoms with Gasteiger partial charge in [-0.15, -0.1) is 0 Å². The van der Waals surface area contributed by atoms with Crippen molar-refractivity contribution in [1.29, 1.82) is 0 Å². The summed E-state index contributed by atoms with van der Waals surface area (Å²) >= 11 is 5.93. The summed E-state index contributed by atoms with van der Waals surface area (Å²) in [5, 5.41) is 3.78. The zero-order valence-electron chi connectivity index (χ0n) is 11.1. The zero-order chi connectivity index (χ0) is 13.4. The molecule has 0 saturated carbocycles. The fourth-order valence-electron chi connectivity index (χ4n) is 3.42. The van der Waals surface area contributed by atoms with Gasteiger partial charge in [-0.25, -0.2) is 9.97 Å². The quantitative estimate of drug-likeness (QED) is 0.813. The van der Waals surface area contributed by atoms with Crippen LogP contribution >= 0.6 is 11.6 Å². The highest BCUT2D eigenvalue weighted by Crippen LogP contribution is 2.34. The van der Waals surface area contributed by atoms with Crippen molar-refractivity contribution in [3.8, 4) is 0 Å². The van der Waals surface area contributed by atoms with Crippen molar-refractivity contribution in [1.82, 2.24) is 14.9 Å². The summed E-state index contributed by atoms with van der Waals surface area (Å²) < 4.78 is 0. The highest BCUT2D eigenvalue weighted by Gasteiger charge is 2.36. The maximum atomic E-state index is 5.93. The van der Waals surface area contributed by atoms with E-state index >= 15 is 0 Å². The molecule has 104 valence electrons. The van der Waals surface area contributed by atoms with E-state index in [1.807, 2.05) is 0 Å². The summed E-state index contributed by atoms with van der Waals surface area (Å²) in [7, 11) is 2.25. The molecule has 3 heterocycles. The second kappa shape index (κ2) is 5.13. The highest BCUT2D eigenvalue weighted by atomic mass is 35.5. The molecule has 0 spiro atoms. The van der Waals surface area contributed by atoms with Crippen LogP contribution in [-0.2, 0) is 0 Å². The molecule has 1 aromatic heterocycles. The predicted octanol–water partition coefficient (Wildman–Crippen LogP) is 2.14. The second-order valence-electron chi connectivity index (χ2n) is 5.64. The van der Waals surface area contributed by atoms with Crippen LogP contribution in [0.3, 0.4) is 0 Å². The number of halogens is 1. The molecule has 0 radical (unpaired) electrons. The van der Waals surface area contributed by atoms with Gasteiger partial charge in [0, 0.05) is 18.1 Å². The Bertz CT molecular complexity index is 452. The Balaban J connectivity index is 1.72. The first-order chi connectivity index (χ1) is 9.15. The molecule has 5 nitrogen and oxygen atoms in total. The van der Waals surface area contributed by atoms with Crippen LogP contribution < -0.4 is 11.1 Å². The van der Waals surface area contributed by atoms with Crippen LogP contribution in [0.4, 0.5) is 11.5 Å². The van der Waals surface area contributed by atoms with E-state index in [0.717, 1.165) is 12.8 Å². The van der Waals surface area contributed by atoms with E-state index in [2.05, 4.69) is 27.2 Å². The molecule has 0 aromatic carbocycles. The van der Waals surface area contributed by atoms with Crippen molar-refractivity contribution in [3.05, 3.63) is 11.5 Å². The molecule has 2 unspecified atom stereocenters.